The Labute approximate surface area is 109 Å². The number of thiophene rings is 1. The normalized spacial score (nSPS) is 10.4. The predicted molar refractivity (Wildman–Crippen MR) is 74.5 cm³/mol. The Morgan fingerprint density at radius 2 is 2.41 bits per heavy atom. The molecule has 2 aromatic heterocycles. The standard InChI is InChI=1S/C12H13N3S2/c1-2-5-17-12-14-8-9(11(13)15-12)7-10-4-3-6-16-10/h2-4,6,8H,1,5,7H2,(H2,13,14,15). The molecule has 2 heterocycles. The molecular formula is C12H13N3S2. The van der Waals surface area contributed by atoms with Gasteiger partial charge in [0, 0.05) is 28.8 Å². The van der Waals surface area contributed by atoms with Crippen molar-refractivity contribution in [2.75, 3.05) is 11.5 Å². The van der Waals surface area contributed by atoms with Gasteiger partial charge in [0.15, 0.2) is 5.16 Å². The Kier molecular flexibility index (Phi) is 4.17. The van der Waals surface area contributed by atoms with E-state index in [0.29, 0.717) is 11.0 Å². The minimum atomic E-state index is 0.569. The lowest BCUT2D eigenvalue weighted by Crippen LogP contribution is -2.01. The topological polar surface area (TPSA) is 51.8 Å². The molecule has 5 heteroatoms. The average molecular weight is 263 g/mol. The Hall–Kier alpha value is -1.33. The van der Waals surface area contributed by atoms with Gasteiger partial charge in [0.25, 0.3) is 0 Å². The van der Waals surface area contributed by atoms with E-state index in [1.807, 2.05) is 18.3 Å². The molecule has 2 rings (SSSR count). The molecule has 88 valence electrons. The first kappa shape index (κ1) is 12.1. The summed E-state index contributed by atoms with van der Waals surface area (Å²) in [5, 5.41) is 2.76. The van der Waals surface area contributed by atoms with E-state index >= 15 is 0 Å². The molecule has 0 bridgehead atoms. The van der Waals surface area contributed by atoms with Crippen molar-refractivity contribution < 1.29 is 0 Å². The van der Waals surface area contributed by atoms with Crippen LogP contribution in [0.5, 0.6) is 0 Å². The van der Waals surface area contributed by atoms with Crippen molar-refractivity contribution in [3.63, 3.8) is 0 Å². The average Bonchev–Trinajstić information content (AvgIpc) is 2.82. The molecular weight excluding hydrogens is 250 g/mol. The molecule has 2 N–H and O–H groups in total. The van der Waals surface area contributed by atoms with E-state index in [-0.39, 0.29) is 0 Å². The van der Waals surface area contributed by atoms with E-state index in [9.17, 15) is 0 Å². The summed E-state index contributed by atoms with van der Waals surface area (Å²) in [6, 6.07) is 4.12. The Morgan fingerprint density at radius 1 is 1.53 bits per heavy atom. The molecule has 0 aliphatic heterocycles. The highest BCUT2D eigenvalue weighted by Gasteiger charge is 2.05. The van der Waals surface area contributed by atoms with Gasteiger partial charge in [-0.25, -0.2) is 9.97 Å². The first-order valence-electron chi connectivity index (χ1n) is 5.17. The molecule has 0 unspecified atom stereocenters. The zero-order valence-electron chi connectivity index (χ0n) is 9.30. The van der Waals surface area contributed by atoms with Crippen molar-refractivity contribution in [3.05, 3.63) is 46.8 Å². The van der Waals surface area contributed by atoms with Gasteiger partial charge in [-0.05, 0) is 11.4 Å². The number of nitrogens with zero attached hydrogens (tertiary/aromatic N) is 2. The lowest BCUT2D eigenvalue weighted by molar-refractivity contribution is 0.948. The van der Waals surface area contributed by atoms with Crippen LogP contribution in [0.2, 0.25) is 0 Å². The van der Waals surface area contributed by atoms with Crippen LogP contribution in [-0.2, 0) is 6.42 Å². The van der Waals surface area contributed by atoms with Crippen molar-refractivity contribution in [2.45, 2.75) is 11.6 Å². The smallest absolute Gasteiger partial charge is 0.189 e. The Morgan fingerprint density at radius 3 is 3.06 bits per heavy atom. The maximum absolute atomic E-state index is 5.92. The van der Waals surface area contributed by atoms with Gasteiger partial charge in [-0.3, -0.25) is 0 Å². The highest BCUT2D eigenvalue weighted by atomic mass is 32.2. The van der Waals surface area contributed by atoms with E-state index in [2.05, 4.69) is 28.0 Å². The second kappa shape index (κ2) is 5.84. The molecule has 2 aromatic rings. The van der Waals surface area contributed by atoms with Crippen LogP contribution in [0.25, 0.3) is 0 Å². The molecule has 0 amide bonds. The van der Waals surface area contributed by atoms with Crippen molar-refractivity contribution in [1.82, 2.24) is 9.97 Å². The molecule has 0 atom stereocenters. The van der Waals surface area contributed by atoms with E-state index in [0.717, 1.165) is 17.7 Å². The molecule has 0 fully saturated rings. The summed E-state index contributed by atoms with van der Waals surface area (Å²) in [5.74, 6) is 1.36. The first-order valence-corrected chi connectivity index (χ1v) is 7.03. The summed E-state index contributed by atoms with van der Waals surface area (Å²) < 4.78 is 0. The second-order valence-corrected chi connectivity index (χ2v) is 5.44. The van der Waals surface area contributed by atoms with Crippen LogP contribution >= 0.6 is 23.1 Å². The third-order valence-corrected chi connectivity index (χ3v) is 3.88. The summed E-state index contributed by atoms with van der Waals surface area (Å²) in [6.45, 7) is 3.66. The highest BCUT2D eigenvalue weighted by molar-refractivity contribution is 7.99. The maximum Gasteiger partial charge on any atom is 0.189 e. The van der Waals surface area contributed by atoms with Crippen LogP contribution in [0.1, 0.15) is 10.4 Å². The third-order valence-electron chi connectivity index (χ3n) is 2.15. The Balaban J connectivity index is 2.11. The lowest BCUT2D eigenvalue weighted by atomic mass is 10.2. The summed E-state index contributed by atoms with van der Waals surface area (Å²) in [5.41, 5.74) is 6.91. The summed E-state index contributed by atoms with van der Waals surface area (Å²) in [6.07, 6.45) is 4.44. The largest absolute Gasteiger partial charge is 0.383 e. The van der Waals surface area contributed by atoms with Gasteiger partial charge >= 0.3 is 0 Å². The van der Waals surface area contributed by atoms with Crippen LogP contribution in [0.4, 0.5) is 5.82 Å². The lowest BCUT2D eigenvalue weighted by Gasteiger charge is -2.04. The monoisotopic (exact) mass is 263 g/mol. The number of rotatable bonds is 5. The fourth-order valence-electron chi connectivity index (χ4n) is 1.34. The van der Waals surface area contributed by atoms with Gasteiger partial charge in [-0.15, -0.1) is 17.9 Å². The summed E-state index contributed by atoms with van der Waals surface area (Å²) in [4.78, 5) is 9.83. The molecule has 0 spiro atoms. The van der Waals surface area contributed by atoms with Crippen LogP contribution in [-0.4, -0.2) is 15.7 Å². The number of anilines is 1. The molecule has 0 aromatic carbocycles. The molecule has 0 saturated carbocycles. The fourth-order valence-corrected chi connectivity index (χ4v) is 2.63. The van der Waals surface area contributed by atoms with E-state index < -0.39 is 0 Å². The summed E-state index contributed by atoms with van der Waals surface area (Å²) >= 11 is 3.25. The zero-order chi connectivity index (χ0) is 12.1. The number of hydrogen-bond acceptors (Lipinski definition) is 5. The minimum absolute atomic E-state index is 0.569. The van der Waals surface area contributed by atoms with Gasteiger partial charge in [-0.2, -0.15) is 0 Å². The quantitative estimate of drug-likeness (QED) is 0.512. The fraction of sp³-hybridized carbons (Fsp3) is 0.167. The van der Waals surface area contributed by atoms with Gasteiger partial charge < -0.3 is 5.73 Å². The van der Waals surface area contributed by atoms with Crippen molar-refractivity contribution >= 4 is 28.9 Å². The molecule has 0 radical (unpaired) electrons. The van der Waals surface area contributed by atoms with Crippen LogP contribution in [0, 0.1) is 0 Å². The Bertz CT molecular complexity index is 494. The van der Waals surface area contributed by atoms with E-state index in [1.54, 1.807) is 11.3 Å². The molecule has 0 aliphatic carbocycles. The second-order valence-electron chi connectivity index (χ2n) is 3.42. The van der Waals surface area contributed by atoms with Crippen LogP contribution in [0.3, 0.4) is 0 Å². The van der Waals surface area contributed by atoms with Crippen molar-refractivity contribution in [1.29, 1.82) is 0 Å². The highest BCUT2D eigenvalue weighted by Crippen LogP contribution is 2.20. The molecule has 0 saturated heterocycles. The van der Waals surface area contributed by atoms with E-state index in [1.165, 1.54) is 16.6 Å². The van der Waals surface area contributed by atoms with Crippen LogP contribution < -0.4 is 5.73 Å². The molecule has 0 aliphatic rings. The van der Waals surface area contributed by atoms with Crippen molar-refractivity contribution in [3.8, 4) is 0 Å². The maximum atomic E-state index is 5.92. The van der Waals surface area contributed by atoms with Gasteiger partial charge in [0.05, 0.1) is 0 Å². The number of nitrogens with two attached hydrogens (primary N) is 1. The predicted octanol–water partition coefficient (Wildman–Crippen LogP) is 2.99. The third kappa shape index (κ3) is 3.31. The number of nitrogen functional groups attached to an aromatic ring is 1. The summed E-state index contributed by atoms with van der Waals surface area (Å²) in [7, 11) is 0. The first-order chi connectivity index (χ1) is 8.29. The number of thioether (sulfide) groups is 1. The van der Waals surface area contributed by atoms with E-state index in [4.69, 9.17) is 5.73 Å². The minimum Gasteiger partial charge on any atom is -0.383 e. The molecule has 17 heavy (non-hydrogen) atoms. The zero-order valence-corrected chi connectivity index (χ0v) is 10.9. The molecule has 3 nitrogen and oxygen atoms in total. The van der Waals surface area contributed by atoms with Gasteiger partial charge in [0.2, 0.25) is 0 Å². The van der Waals surface area contributed by atoms with Crippen LogP contribution in [0.15, 0.2) is 41.5 Å². The number of aromatic nitrogens is 2. The van der Waals surface area contributed by atoms with Crippen molar-refractivity contribution in [2.24, 2.45) is 0 Å². The van der Waals surface area contributed by atoms with Gasteiger partial charge in [0.1, 0.15) is 5.82 Å². The number of hydrogen-bond donors (Lipinski definition) is 1. The SMILES string of the molecule is C=CCSc1ncc(Cc2cccs2)c(N)n1. The van der Waals surface area contributed by atoms with Gasteiger partial charge in [-0.1, -0.05) is 23.9 Å².